The minimum atomic E-state index is 0.980. The van der Waals surface area contributed by atoms with E-state index in [0.717, 1.165) is 6.42 Å². The van der Waals surface area contributed by atoms with Crippen molar-refractivity contribution < 1.29 is 0 Å². The fourth-order valence-corrected chi connectivity index (χ4v) is 0.341. The molecular formula is C7H12N2. The van der Waals surface area contributed by atoms with Crippen LogP contribution in [0.25, 0.3) is 0 Å². The van der Waals surface area contributed by atoms with Crippen molar-refractivity contribution in [2.24, 2.45) is 9.98 Å². The van der Waals surface area contributed by atoms with Gasteiger partial charge < -0.3 is 0 Å². The van der Waals surface area contributed by atoms with E-state index in [1.807, 2.05) is 13.1 Å². The largest absolute Gasteiger partial charge is 0.296 e. The number of rotatable bonds is 3. The van der Waals surface area contributed by atoms with E-state index in [4.69, 9.17) is 0 Å². The highest BCUT2D eigenvalue weighted by Crippen LogP contribution is 1.72. The van der Waals surface area contributed by atoms with Gasteiger partial charge >= 0.3 is 0 Å². The van der Waals surface area contributed by atoms with Crippen molar-refractivity contribution in [2.75, 3.05) is 7.05 Å². The van der Waals surface area contributed by atoms with Gasteiger partial charge in [-0.15, -0.1) is 0 Å². The van der Waals surface area contributed by atoms with E-state index in [-0.39, 0.29) is 0 Å². The first-order valence-electron chi connectivity index (χ1n) is 3.00. The average Bonchev–Trinajstić information content (AvgIpc) is 1.89. The predicted octanol–water partition coefficient (Wildman–Crippen LogP) is 1.68. The maximum Gasteiger partial charge on any atom is 0.0279 e. The summed E-state index contributed by atoms with van der Waals surface area (Å²) in [6.45, 7) is 2.05. The maximum absolute atomic E-state index is 3.93. The van der Waals surface area contributed by atoms with Crippen LogP contribution < -0.4 is 0 Å². The third-order valence-corrected chi connectivity index (χ3v) is 0.695. The van der Waals surface area contributed by atoms with Gasteiger partial charge in [-0.3, -0.25) is 9.98 Å². The highest BCUT2D eigenvalue weighted by Gasteiger charge is 1.61. The normalized spacial score (nSPS) is 12.7. The van der Waals surface area contributed by atoms with Gasteiger partial charge in [0.15, 0.2) is 0 Å². The molecule has 0 bridgehead atoms. The molecule has 2 nitrogen and oxygen atoms in total. The monoisotopic (exact) mass is 124 g/mol. The predicted molar refractivity (Wildman–Crippen MR) is 42.3 cm³/mol. The molecule has 0 amide bonds. The molecule has 0 unspecified atom stereocenters. The second-order valence-electron chi connectivity index (χ2n) is 1.49. The Morgan fingerprint density at radius 2 is 2.22 bits per heavy atom. The number of allylic oxidation sites excluding steroid dienone is 1. The molecule has 0 aliphatic carbocycles. The fourth-order valence-electron chi connectivity index (χ4n) is 0.341. The van der Waals surface area contributed by atoms with E-state index in [2.05, 4.69) is 9.98 Å². The van der Waals surface area contributed by atoms with Gasteiger partial charge in [0.2, 0.25) is 0 Å². The van der Waals surface area contributed by atoms with Crippen LogP contribution in [0.15, 0.2) is 22.3 Å². The number of hydrogen-bond donors (Lipinski definition) is 0. The first-order chi connectivity index (χ1) is 4.41. The standard InChI is InChI=1S/C7H12N2/c1-3-5-9-7-4-6-8-2/h4-7H,3H2,1-2H3/b7-4-,8-6?,9-5?. The van der Waals surface area contributed by atoms with Crippen molar-refractivity contribution in [1.29, 1.82) is 0 Å². The molecule has 0 N–H and O–H groups in total. The lowest BCUT2D eigenvalue weighted by molar-refractivity contribution is 1.31. The molecule has 0 heterocycles. The van der Waals surface area contributed by atoms with Crippen molar-refractivity contribution >= 4 is 12.4 Å². The summed E-state index contributed by atoms with van der Waals surface area (Å²) in [6, 6.07) is 0. The number of aliphatic imine (C=N–C) groups is 2. The summed E-state index contributed by atoms with van der Waals surface area (Å²) in [5.41, 5.74) is 0. The Hall–Kier alpha value is -0.920. The van der Waals surface area contributed by atoms with Crippen molar-refractivity contribution in [2.45, 2.75) is 13.3 Å². The van der Waals surface area contributed by atoms with Crippen molar-refractivity contribution in [3.8, 4) is 0 Å². The molecule has 0 aromatic carbocycles. The fraction of sp³-hybridized carbons (Fsp3) is 0.429. The quantitative estimate of drug-likeness (QED) is 0.511. The zero-order valence-electron chi connectivity index (χ0n) is 5.91. The van der Waals surface area contributed by atoms with Gasteiger partial charge in [0.1, 0.15) is 0 Å². The summed E-state index contributed by atoms with van der Waals surface area (Å²) < 4.78 is 0. The van der Waals surface area contributed by atoms with Crippen LogP contribution in [0, 0.1) is 0 Å². The lowest BCUT2D eigenvalue weighted by atomic mass is 10.5. The van der Waals surface area contributed by atoms with Crippen LogP contribution in [0.3, 0.4) is 0 Å². The third-order valence-electron chi connectivity index (χ3n) is 0.695. The topological polar surface area (TPSA) is 24.7 Å². The molecule has 0 atom stereocenters. The summed E-state index contributed by atoms with van der Waals surface area (Å²) in [7, 11) is 1.73. The van der Waals surface area contributed by atoms with E-state index < -0.39 is 0 Å². The smallest absolute Gasteiger partial charge is 0.0279 e. The second-order valence-corrected chi connectivity index (χ2v) is 1.49. The molecule has 0 fully saturated rings. The highest BCUT2D eigenvalue weighted by molar-refractivity contribution is 5.71. The Bertz CT molecular complexity index is 123. The molecule has 0 aromatic rings. The summed E-state index contributed by atoms with van der Waals surface area (Å²) in [6.07, 6.45) is 8.04. The Morgan fingerprint density at radius 3 is 2.78 bits per heavy atom. The Morgan fingerprint density at radius 1 is 1.44 bits per heavy atom. The molecule has 0 aliphatic rings. The second kappa shape index (κ2) is 7.08. The van der Waals surface area contributed by atoms with Crippen LogP contribution in [-0.4, -0.2) is 19.5 Å². The maximum atomic E-state index is 3.93. The van der Waals surface area contributed by atoms with Crippen LogP contribution in [0.2, 0.25) is 0 Å². The molecule has 0 rings (SSSR count). The van der Waals surface area contributed by atoms with Gasteiger partial charge in [0.25, 0.3) is 0 Å². The molecule has 0 radical (unpaired) electrons. The Labute approximate surface area is 56.0 Å². The molecule has 2 heteroatoms. The van der Waals surface area contributed by atoms with Crippen LogP contribution in [0.1, 0.15) is 13.3 Å². The van der Waals surface area contributed by atoms with Gasteiger partial charge in [-0.2, -0.15) is 0 Å². The van der Waals surface area contributed by atoms with E-state index in [1.165, 1.54) is 0 Å². The molecule has 0 spiro atoms. The lowest BCUT2D eigenvalue weighted by Crippen LogP contribution is -1.64. The average molecular weight is 124 g/mol. The summed E-state index contributed by atoms with van der Waals surface area (Å²) in [5.74, 6) is 0. The van der Waals surface area contributed by atoms with Crippen LogP contribution >= 0.6 is 0 Å². The summed E-state index contributed by atoms with van der Waals surface area (Å²) >= 11 is 0. The van der Waals surface area contributed by atoms with Crippen LogP contribution in [0.5, 0.6) is 0 Å². The number of nitrogens with zero attached hydrogens (tertiary/aromatic N) is 2. The molecule has 0 saturated heterocycles. The van der Waals surface area contributed by atoms with Gasteiger partial charge in [-0.25, -0.2) is 0 Å². The SMILES string of the molecule is CCC=N/C=C\C=NC. The summed E-state index contributed by atoms with van der Waals surface area (Å²) in [5, 5.41) is 0. The van der Waals surface area contributed by atoms with Crippen molar-refractivity contribution in [1.82, 2.24) is 0 Å². The van der Waals surface area contributed by atoms with E-state index in [9.17, 15) is 0 Å². The lowest BCUT2D eigenvalue weighted by Gasteiger charge is -1.73. The van der Waals surface area contributed by atoms with Crippen LogP contribution in [-0.2, 0) is 0 Å². The molecule has 50 valence electrons. The van der Waals surface area contributed by atoms with Gasteiger partial charge in [-0.1, -0.05) is 6.92 Å². The summed E-state index contributed by atoms with van der Waals surface area (Å²) in [4.78, 5) is 7.68. The molecular weight excluding hydrogens is 112 g/mol. The van der Waals surface area contributed by atoms with Crippen LogP contribution in [0.4, 0.5) is 0 Å². The van der Waals surface area contributed by atoms with Gasteiger partial charge in [0.05, 0.1) is 0 Å². The van der Waals surface area contributed by atoms with E-state index >= 15 is 0 Å². The molecule has 0 saturated carbocycles. The first-order valence-corrected chi connectivity index (χ1v) is 3.00. The van der Waals surface area contributed by atoms with Crippen molar-refractivity contribution in [3.05, 3.63) is 12.3 Å². The molecule has 0 aliphatic heterocycles. The minimum absolute atomic E-state index is 0.980. The van der Waals surface area contributed by atoms with E-state index in [1.54, 1.807) is 25.5 Å². The number of hydrogen-bond acceptors (Lipinski definition) is 2. The Balaban J connectivity index is 3.35. The molecule has 9 heavy (non-hydrogen) atoms. The highest BCUT2D eigenvalue weighted by atomic mass is 14.7. The third kappa shape index (κ3) is 7.08. The first kappa shape index (κ1) is 8.08. The minimum Gasteiger partial charge on any atom is -0.296 e. The molecule has 0 aromatic heterocycles. The van der Waals surface area contributed by atoms with Gasteiger partial charge in [0, 0.05) is 25.7 Å². The van der Waals surface area contributed by atoms with E-state index in [0.29, 0.717) is 0 Å². The van der Waals surface area contributed by atoms with Gasteiger partial charge in [-0.05, 0) is 12.5 Å². The zero-order valence-corrected chi connectivity index (χ0v) is 5.91. The van der Waals surface area contributed by atoms with Crippen molar-refractivity contribution in [3.63, 3.8) is 0 Å². The Kier molecular flexibility index (Phi) is 6.36. The zero-order chi connectivity index (χ0) is 6.95.